The molecule has 1 aliphatic heterocycles. The van der Waals surface area contributed by atoms with Crippen LogP contribution >= 0.6 is 22.9 Å². The number of nitrogens with one attached hydrogen (secondary N) is 2. The van der Waals surface area contributed by atoms with Gasteiger partial charge in [0.15, 0.2) is 16.6 Å². The molecule has 1 aromatic heterocycles. The fourth-order valence-corrected chi connectivity index (χ4v) is 4.03. The molecular weight excluding hydrogens is 454 g/mol. The molecule has 13 nitrogen and oxygen atoms in total. The van der Waals surface area contributed by atoms with Gasteiger partial charge in [-0.25, -0.2) is 9.29 Å². The molecular formula is C13H14ClN5O8S2. The number of β-lactam (4-membered cyclic amide) rings is 1. The van der Waals surface area contributed by atoms with Crippen LogP contribution in [0.2, 0.25) is 0 Å². The van der Waals surface area contributed by atoms with Crippen LogP contribution in [0.25, 0.3) is 0 Å². The highest BCUT2D eigenvalue weighted by atomic mass is 35.5. The van der Waals surface area contributed by atoms with Crippen LogP contribution in [0.5, 0.6) is 0 Å². The van der Waals surface area contributed by atoms with Crippen LogP contribution in [0, 0.1) is 0 Å². The van der Waals surface area contributed by atoms with Gasteiger partial charge in [-0.05, 0) is 6.92 Å². The summed E-state index contributed by atoms with van der Waals surface area (Å²) in [6.07, 6.45) is 0. The highest BCUT2D eigenvalue weighted by Gasteiger charge is 2.56. The molecule has 3 amide bonds. The van der Waals surface area contributed by atoms with E-state index in [4.69, 9.17) is 16.2 Å². The van der Waals surface area contributed by atoms with E-state index < -0.39 is 51.6 Å². The molecule has 29 heavy (non-hydrogen) atoms. The Kier molecular flexibility index (Phi) is 6.89. The fourth-order valence-electron chi connectivity index (χ4n) is 2.36. The van der Waals surface area contributed by atoms with E-state index in [0.29, 0.717) is 0 Å². The number of hydrogen-bond acceptors (Lipinski definition) is 10. The number of anilines is 1. The minimum absolute atomic E-state index is 0.0306. The van der Waals surface area contributed by atoms with Crippen LogP contribution < -0.4 is 10.6 Å². The van der Waals surface area contributed by atoms with Crippen LogP contribution in [0.1, 0.15) is 12.6 Å². The second-order valence-electron chi connectivity index (χ2n) is 5.46. The second kappa shape index (κ2) is 8.81. The molecule has 0 spiro atoms. The van der Waals surface area contributed by atoms with E-state index in [1.807, 2.05) is 0 Å². The minimum atomic E-state index is -4.98. The number of thiazole rings is 1. The summed E-state index contributed by atoms with van der Waals surface area (Å²) < 4.78 is 31.5. The first-order valence-electron chi connectivity index (χ1n) is 7.56. The molecule has 2 atom stereocenters. The Labute approximate surface area is 172 Å². The molecule has 3 N–H and O–H groups in total. The largest absolute Gasteiger partial charge is 0.398 e. The van der Waals surface area contributed by atoms with Gasteiger partial charge in [-0.15, -0.1) is 22.9 Å². The number of oxime groups is 1. The number of aromatic nitrogens is 1. The first kappa shape index (κ1) is 22.7. The third-order valence-corrected chi connectivity index (χ3v) is 5.42. The van der Waals surface area contributed by atoms with Crippen molar-refractivity contribution in [2.45, 2.75) is 19.0 Å². The molecule has 1 fully saturated rings. The Morgan fingerprint density at radius 2 is 2.10 bits per heavy atom. The summed E-state index contributed by atoms with van der Waals surface area (Å²) >= 11 is 6.33. The van der Waals surface area contributed by atoms with Crippen molar-refractivity contribution in [1.82, 2.24) is 14.6 Å². The Bertz CT molecular complexity index is 991. The normalized spacial score (nSPS) is 19.4. The van der Waals surface area contributed by atoms with E-state index in [0.717, 1.165) is 25.4 Å². The Morgan fingerprint density at radius 3 is 2.62 bits per heavy atom. The number of amides is 3. The van der Waals surface area contributed by atoms with Crippen molar-refractivity contribution < 1.29 is 37.0 Å². The summed E-state index contributed by atoms with van der Waals surface area (Å²) in [6, 6.07) is -3.16. The van der Waals surface area contributed by atoms with Gasteiger partial charge in [0.25, 0.3) is 11.8 Å². The summed E-state index contributed by atoms with van der Waals surface area (Å²) in [5, 5.41) is 9.52. The van der Waals surface area contributed by atoms with Gasteiger partial charge in [-0.1, -0.05) is 5.16 Å². The standard InChI is InChI=1S/C13H14ClN5O8S2/c1-5(20)10-9(12(23)19(10)29(24,25)26)17-11(22)8(18-27-2)6-4-28-13(15-6)16-7(21)3-14/h4,9-10H,3H2,1-2H3,(H,17,22)(H,15,16,21)(H,24,25,26)/t9-,10+/m1/s1. The maximum atomic E-state index is 12.5. The lowest BCUT2D eigenvalue weighted by Gasteiger charge is -2.42. The van der Waals surface area contributed by atoms with Crippen LogP contribution in [-0.2, 0) is 34.3 Å². The molecule has 0 aliphatic carbocycles. The maximum absolute atomic E-state index is 12.5. The molecule has 2 rings (SSSR count). The van der Waals surface area contributed by atoms with Gasteiger partial charge in [0.1, 0.15) is 30.8 Å². The number of halogens is 1. The minimum Gasteiger partial charge on any atom is -0.398 e. The lowest BCUT2D eigenvalue weighted by Crippen LogP contribution is -2.74. The lowest BCUT2D eigenvalue weighted by atomic mass is 9.95. The smallest absolute Gasteiger partial charge is 0.363 e. The summed E-state index contributed by atoms with van der Waals surface area (Å²) in [7, 11) is -3.83. The molecule has 1 aromatic rings. The van der Waals surface area contributed by atoms with Crippen molar-refractivity contribution in [3.63, 3.8) is 0 Å². The third kappa shape index (κ3) is 4.87. The highest BCUT2D eigenvalue weighted by molar-refractivity contribution is 7.84. The number of carbonyl (C=O) groups is 4. The van der Waals surface area contributed by atoms with E-state index >= 15 is 0 Å². The second-order valence-corrected chi connectivity index (χ2v) is 7.88. The average Bonchev–Trinajstić information content (AvgIpc) is 3.07. The van der Waals surface area contributed by atoms with E-state index in [-0.39, 0.29) is 21.0 Å². The van der Waals surface area contributed by atoms with Gasteiger partial charge in [0.05, 0.1) is 0 Å². The molecule has 158 valence electrons. The number of ketones is 1. The number of carbonyl (C=O) groups excluding carboxylic acids is 4. The highest BCUT2D eigenvalue weighted by Crippen LogP contribution is 2.25. The van der Waals surface area contributed by atoms with Gasteiger partial charge >= 0.3 is 10.3 Å². The van der Waals surface area contributed by atoms with Crippen molar-refractivity contribution in [1.29, 1.82) is 0 Å². The first-order chi connectivity index (χ1) is 13.5. The maximum Gasteiger partial charge on any atom is 0.363 e. The van der Waals surface area contributed by atoms with Crippen LogP contribution in [-0.4, -0.2) is 76.5 Å². The van der Waals surface area contributed by atoms with E-state index in [1.165, 1.54) is 5.38 Å². The van der Waals surface area contributed by atoms with E-state index in [9.17, 15) is 27.6 Å². The molecule has 1 aliphatic rings. The predicted molar refractivity (Wildman–Crippen MR) is 99.8 cm³/mol. The molecule has 2 heterocycles. The molecule has 0 aromatic carbocycles. The SMILES string of the molecule is CON=C(C(=O)N[C@H]1C(=O)N(S(=O)(=O)O)[C@H]1C(C)=O)c1csc(NC(=O)CCl)n1. The Balaban J connectivity index is 2.23. The van der Waals surface area contributed by atoms with Crippen molar-refractivity contribution in [2.24, 2.45) is 5.16 Å². The van der Waals surface area contributed by atoms with Gasteiger partial charge in [-0.3, -0.25) is 23.7 Å². The zero-order valence-corrected chi connectivity index (χ0v) is 17.2. The summed E-state index contributed by atoms with van der Waals surface area (Å²) in [6.45, 7) is 0.991. The molecule has 0 unspecified atom stereocenters. The zero-order chi connectivity index (χ0) is 21.9. The molecule has 0 saturated carbocycles. The number of hydrogen-bond donors (Lipinski definition) is 3. The van der Waals surface area contributed by atoms with Crippen LogP contribution in [0.3, 0.4) is 0 Å². The number of nitrogens with zero attached hydrogens (tertiary/aromatic N) is 3. The Hall–Kier alpha value is -2.62. The van der Waals surface area contributed by atoms with E-state index in [2.05, 4.69) is 25.6 Å². The lowest BCUT2D eigenvalue weighted by molar-refractivity contribution is -0.150. The molecule has 0 radical (unpaired) electrons. The quantitative estimate of drug-likeness (QED) is 0.138. The molecule has 0 bridgehead atoms. The molecule has 1 saturated heterocycles. The first-order valence-corrected chi connectivity index (χ1v) is 10.4. The predicted octanol–water partition coefficient (Wildman–Crippen LogP) is -1.24. The number of rotatable bonds is 8. The number of alkyl halides is 1. The van der Waals surface area contributed by atoms with Crippen molar-refractivity contribution in [2.75, 3.05) is 18.3 Å². The van der Waals surface area contributed by atoms with Gasteiger partial charge in [0.2, 0.25) is 5.91 Å². The number of Topliss-reactive ketones (excluding diaryl/α,β-unsaturated/α-hetero) is 1. The van der Waals surface area contributed by atoms with Gasteiger partial charge in [0, 0.05) is 5.38 Å². The summed E-state index contributed by atoms with van der Waals surface area (Å²) in [4.78, 5) is 56.1. The topological polar surface area (TPSA) is 184 Å². The van der Waals surface area contributed by atoms with Crippen molar-refractivity contribution in [3.8, 4) is 0 Å². The summed E-state index contributed by atoms with van der Waals surface area (Å²) in [5.74, 6) is -3.83. The summed E-state index contributed by atoms with van der Waals surface area (Å²) in [5.41, 5.74) is -0.437. The van der Waals surface area contributed by atoms with Gasteiger partial charge < -0.3 is 15.5 Å². The Morgan fingerprint density at radius 1 is 1.45 bits per heavy atom. The average molecular weight is 468 g/mol. The van der Waals surface area contributed by atoms with E-state index in [1.54, 1.807) is 0 Å². The monoisotopic (exact) mass is 467 g/mol. The van der Waals surface area contributed by atoms with Crippen LogP contribution in [0.15, 0.2) is 10.5 Å². The molecule has 16 heteroatoms. The zero-order valence-electron chi connectivity index (χ0n) is 14.8. The van der Waals surface area contributed by atoms with Crippen LogP contribution in [0.4, 0.5) is 5.13 Å². The fraction of sp³-hybridized carbons (Fsp3) is 0.385. The van der Waals surface area contributed by atoms with Crippen molar-refractivity contribution >= 4 is 67.6 Å². The van der Waals surface area contributed by atoms with Crippen molar-refractivity contribution in [3.05, 3.63) is 11.1 Å². The third-order valence-electron chi connectivity index (χ3n) is 3.52. The van der Waals surface area contributed by atoms with Gasteiger partial charge in [-0.2, -0.15) is 8.42 Å².